The Hall–Kier alpha value is -3.39. The lowest BCUT2D eigenvalue weighted by atomic mass is 10.0. The van der Waals surface area contributed by atoms with Gasteiger partial charge < -0.3 is 24.3 Å². The summed E-state index contributed by atoms with van der Waals surface area (Å²) < 4.78 is 13.4. The van der Waals surface area contributed by atoms with E-state index in [2.05, 4.69) is 51.6 Å². The molecule has 0 bridgehead atoms. The summed E-state index contributed by atoms with van der Waals surface area (Å²) in [5, 5.41) is 12.0. The van der Waals surface area contributed by atoms with Gasteiger partial charge in [0.05, 0.1) is 33.4 Å². The van der Waals surface area contributed by atoms with Crippen LogP contribution in [0, 0.1) is 13.8 Å². The fourth-order valence-electron chi connectivity index (χ4n) is 3.91. The lowest BCUT2D eigenvalue weighted by Gasteiger charge is -2.36. The predicted octanol–water partition coefficient (Wildman–Crippen LogP) is 3.16. The Kier molecular flexibility index (Phi) is 7.24. The molecule has 0 radical (unpaired) electrons. The Morgan fingerprint density at radius 3 is 2.64 bits per heavy atom. The minimum atomic E-state index is 0.00464. The fourth-order valence-corrected chi connectivity index (χ4v) is 3.91. The molecule has 1 aliphatic rings. The molecule has 1 aliphatic heterocycles. The van der Waals surface area contributed by atoms with Gasteiger partial charge in [0, 0.05) is 13.6 Å². The van der Waals surface area contributed by atoms with Crippen LogP contribution in [0.2, 0.25) is 0 Å². The molecule has 0 saturated carbocycles. The molecule has 0 amide bonds. The van der Waals surface area contributed by atoms with Gasteiger partial charge >= 0.3 is 0 Å². The number of nitrogens with one attached hydrogen (secondary N) is 1. The van der Waals surface area contributed by atoms with Crippen molar-refractivity contribution in [1.29, 1.82) is 0 Å². The van der Waals surface area contributed by atoms with Gasteiger partial charge in [-0.1, -0.05) is 36.4 Å². The van der Waals surface area contributed by atoms with Crippen molar-refractivity contribution in [3.63, 3.8) is 0 Å². The number of aliphatic imine (C=N–C) groups is 1. The number of guanidine groups is 1. The summed E-state index contributed by atoms with van der Waals surface area (Å²) in [4.78, 5) is 7.22. The summed E-state index contributed by atoms with van der Waals surface area (Å²) >= 11 is 0. The Morgan fingerprint density at radius 1 is 1.15 bits per heavy atom. The molecule has 8 heteroatoms. The molecule has 8 nitrogen and oxygen atoms in total. The number of methoxy groups -OCH3 is 1. The SMILES string of the molecule is COc1ccc(CN=C(NCc2nnc(C)n2C)N2CCOC(c3ccccc3C)C2)cc1. The summed E-state index contributed by atoms with van der Waals surface area (Å²) in [7, 11) is 3.65. The summed E-state index contributed by atoms with van der Waals surface area (Å²) in [5.41, 5.74) is 3.58. The maximum Gasteiger partial charge on any atom is 0.194 e. The smallest absolute Gasteiger partial charge is 0.194 e. The van der Waals surface area contributed by atoms with Crippen molar-refractivity contribution in [2.24, 2.45) is 12.0 Å². The number of benzene rings is 2. The molecular weight excluding hydrogens is 416 g/mol. The van der Waals surface area contributed by atoms with Crippen LogP contribution >= 0.6 is 0 Å². The predicted molar refractivity (Wildman–Crippen MR) is 128 cm³/mol. The van der Waals surface area contributed by atoms with Gasteiger partial charge in [0.15, 0.2) is 11.8 Å². The van der Waals surface area contributed by atoms with Crippen molar-refractivity contribution in [2.75, 3.05) is 26.8 Å². The molecule has 1 aromatic heterocycles. The van der Waals surface area contributed by atoms with Gasteiger partial charge in [0.2, 0.25) is 0 Å². The first-order chi connectivity index (χ1) is 16.0. The van der Waals surface area contributed by atoms with Crippen molar-refractivity contribution < 1.29 is 9.47 Å². The van der Waals surface area contributed by atoms with Crippen LogP contribution < -0.4 is 10.1 Å². The second-order valence-corrected chi connectivity index (χ2v) is 8.23. The minimum absolute atomic E-state index is 0.00464. The monoisotopic (exact) mass is 448 g/mol. The molecule has 33 heavy (non-hydrogen) atoms. The van der Waals surface area contributed by atoms with Crippen LogP contribution in [-0.4, -0.2) is 52.4 Å². The summed E-state index contributed by atoms with van der Waals surface area (Å²) in [6.45, 7) is 7.34. The van der Waals surface area contributed by atoms with Gasteiger partial charge in [-0.05, 0) is 42.7 Å². The molecule has 2 heterocycles. The molecule has 1 fully saturated rings. The van der Waals surface area contributed by atoms with Gasteiger partial charge in [-0.2, -0.15) is 0 Å². The topological polar surface area (TPSA) is 76.8 Å². The number of nitrogens with zero attached hydrogens (tertiary/aromatic N) is 5. The van der Waals surface area contributed by atoms with Crippen LogP contribution in [0.25, 0.3) is 0 Å². The fraction of sp³-hybridized carbons (Fsp3) is 0.400. The number of ether oxygens (including phenoxy) is 2. The van der Waals surface area contributed by atoms with E-state index in [9.17, 15) is 0 Å². The van der Waals surface area contributed by atoms with Crippen LogP contribution in [0.15, 0.2) is 53.5 Å². The van der Waals surface area contributed by atoms with Crippen molar-refractivity contribution >= 4 is 5.96 Å². The maximum absolute atomic E-state index is 6.13. The highest BCUT2D eigenvalue weighted by atomic mass is 16.5. The zero-order chi connectivity index (χ0) is 23.2. The van der Waals surface area contributed by atoms with E-state index in [1.807, 2.05) is 42.8 Å². The largest absolute Gasteiger partial charge is 0.497 e. The number of rotatable bonds is 6. The van der Waals surface area contributed by atoms with E-state index in [0.29, 0.717) is 19.7 Å². The van der Waals surface area contributed by atoms with E-state index in [1.54, 1.807) is 7.11 Å². The molecule has 174 valence electrons. The van der Waals surface area contributed by atoms with Gasteiger partial charge in [0.25, 0.3) is 0 Å². The van der Waals surface area contributed by atoms with Gasteiger partial charge in [0.1, 0.15) is 17.7 Å². The highest BCUT2D eigenvalue weighted by molar-refractivity contribution is 5.80. The van der Waals surface area contributed by atoms with Crippen molar-refractivity contribution in [2.45, 2.75) is 33.0 Å². The third-order valence-corrected chi connectivity index (χ3v) is 6.06. The third kappa shape index (κ3) is 5.51. The normalized spacial score (nSPS) is 16.7. The molecule has 0 spiro atoms. The Balaban J connectivity index is 1.53. The Bertz CT molecular complexity index is 1090. The molecule has 3 aromatic rings. The third-order valence-electron chi connectivity index (χ3n) is 6.06. The molecule has 1 unspecified atom stereocenters. The second kappa shape index (κ2) is 10.5. The molecule has 1 N–H and O–H groups in total. The molecule has 0 aliphatic carbocycles. The van der Waals surface area contributed by atoms with E-state index >= 15 is 0 Å². The Labute approximate surface area is 195 Å². The van der Waals surface area contributed by atoms with E-state index in [0.717, 1.165) is 42.0 Å². The highest BCUT2D eigenvalue weighted by Crippen LogP contribution is 2.25. The maximum atomic E-state index is 6.13. The van der Waals surface area contributed by atoms with Crippen LogP contribution in [0.1, 0.15) is 34.4 Å². The molecule has 4 rings (SSSR count). The first kappa shape index (κ1) is 22.8. The second-order valence-electron chi connectivity index (χ2n) is 8.23. The van der Waals surface area contributed by atoms with E-state index in [1.165, 1.54) is 11.1 Å². The van der Waals surface area contributed by atoms with Crippen LogP contribution in [0.3, 0.4) is 0 Å². The summed E-state index contributed by atoms with van der Waals surface area (Å²) in [5.74, 6) is 3.43. The molecule has 2 aromatic carbocycles. The number of hydrogen-bond donors (Lipinski definition) is 1. The average molecular weight is 449 g/mol. The van der Waals surface area contributed by atoms with E-state index in [4.69, 9.17) is 14.5 Å². The first-order valence-corrected chi connectivity index (χ1v) is 11.2. The first-order valence-electron chi connectivity index (χ1n) is 11.2. The number of morpholine rings is 1. The summed E-state index contributed by atoms with van der Waals surface area (Å²) in [6, 6.07) is 16.4. The van der Waals surface area contributed by atoms with Gasteiger partial charge in [-0.15, -0.1) is 10.2 Å². The van der Waals surface area contributed by atoms with E-state index in [-0.39, 0.29) is 6.10 Å². The molecular formula is C25H32N6O2. The lowest BCUT2D eigenvalue weighted by Crippen LogP contribution is -2.48. The molecule has 1 saturated heterocycles. The van der Waals surface area contributed by atoms with Crippen LogP contribution in [0.5, 0.6) is 5.75 Å². The molecule has 1 atom stereocenters. The average Bonchev–Trinajstić information content (AvgIpc) is 3.17. The summed E-state index contributed by atoms with van der Waals surface area (Å²) in [6.07, 6.45) is 0.00464. The van der Waals surface area contributed by atoms with Crippen LogP contribution in [0.4, 0.5) is 0 Å². The highest BCUT2D eigenvalue weighted by Gasteiger charge is 2.25. The number of aryl methyl sites for hydroxylation is 2. The lowest BCUT2D eigenvalue weighted by molar-refractivity contribution is -0.00841. The number of hydrogen-bond acceptors (Lipinski definition) is 5. The van der Waals surface area contributed by atoms with Crippen LogP contribution in [-0.2, 0) is 24.9 Å². The van der Waals surface area contributed by atoms with Gasteiger partial charge in [-0.3, -0.25) is 0 Å². The van der Waals surface area contributed by atoms with Crippen molar-refractivity contribution in [3.8, 4) is 5.75 Å². The standard InChI is InChI=1S/C25H32N6O2/c1-18-7-5-6-8-22(18)23-17-31(13-14-33-23)25(27-16-24-29-28-19(2)30(24)3)26-15-20-9-11-21(32-4)12-10-20/h5-12,23H,13-17H2,1-4H3,(H,26,27). The van der Waals surface area contributed by atoms with Crippen molar-refractivity contribution in [1.82, 2.24) is 25.0 Å². The van der Waals surface area contributed by atoms with Gasteiger partial charge in [-0.25, -0.2) is 4.99 Å². The van der Waals surface area contributed by atoms with E-state index < -0.39 is 0 Å². The zero-order valence-electron chi connectivity index (χ0n) is 19.8. The number of aromatic nitrogens is 3. The quantitative estimate of drug-likeness (QED) is 0.461. The van der Waals surface area contributed by atoms with Crippen molar-refractivity contribution in [3.05, 3.63) is 76.9 Å². The zero-order valence-corrected chi connectivity index (χ0v) is 19.8. The Morgan fingerprint density at radius 2 is 1.94 bits per heavy atom. The minimum Gasteiger partial charge on any atom is -0.497 e.